The van der Waals surface area contributed by atoms with Crippen LogP contribution >= 0.6 is 0 Å². The molecular formula is C23H31NO2Se. The maximum atomic E-state index is 13.0. The normalized spacial score (nSPS) is 13.7. The Hall–Kier alpha value is -1.77. The van der Waals surface area contributed by atoms with E-state index in [9.17, 15) is 4.79 Å². The first kappa shape index (κ1) is 21.5. The molecule has 146 valence electrons. The average Bonchev–Trinajstić information content (AvgIpc) is 2.62. The Bertz CT molecular complexity index is 697. The fourth-order valence-corrected chi connectivity index (χ4v) is 5.62. The summed E-state index contributed by atoms with van der Waals surface area (Å²) >= 11 is 0.291. The van der Waals surface area contributed by atoms with Crippen molar-refractivity contribution in [2.24, 2.45) is 0 Å². The summed E-state index contributed by atoms with van der Waals surface area (Å²) in [4.78, 5) is 15.3. The summed E-state index contributed by atoms with van der Waals surface area (Å²) in [7, 11) is 0. The van der Waals surface area contributed by atoms with Gasteiger partial charge in [-0.15, -0.1) is 0 Å². The molecule has 0 saturated carbocycles. The van der Waals surface area contributed by atoms with Gasteiger partial charge in [-0.25, -0.2) is 0 Å². The topological polar surface area (TPSA) is 29.5 Å². The predicted octanol–water partition coefficient (Wildman–Crippen LogP) is 5.04. The van der Waals surface area contributed by atoms with E-state index in [1.54, 1.807) is 0 Å². The first-order chi connectivity index (χ1) is 12.8. The first-order valence-electron chi connectivity index (χ1n) is 9.55. The third kappa shape index (κ3) is 7.04. The van der Waals surface area contributed by atoms with Gasteiger partial charge in [0.05, 0.1) is 0 Å². The zero-order chi connectivity index (χ0) is 19.9. The summed E-state index contributed by atoms with van der Waals surface area (Å²) in [6.07, 6.45) is 0.677. The molecule has 0 fully saturated rings. The van der Waals surface area contributed by atoms with Crippen LogP contribution in [0.2, 0.25) is 4.82 Å². The minimum atomic E-state index is -0.502. The van der Waals surface area contributed by atoms with E-state index in [0.717, 1.165) is 12.0 Å². The Kier molecular flexibility index (Phi) is 7.94. The van der Waals surface area contributed by atoms with Gasteiger partial charge in [-0.05, 0) is 0 Å². The molecule has 27 heavy (non-hydrogen) atoms. The predicted molar refractivity (Wildman–Crippen MR) is 114 cm³/mol. The molecule has 2 atom stereocenters. The van der Waals surface area contributed by atoms with Crippen molar-refractivity contribution >= 4 is 25.5 Å². The Balaban J connectivity index is 2.23. The molecule has 0 aliphatic carbocycles. The molecule has 0 saturated heterocycles. The number of ether oxygens (including phenoxy) is 1. The van der Waals surface area contributed by atoms with Crippen molar-refractivity contribution in [3.05, 3.63) is 66.2 Å². The molecule has 1 amide bonds. The molecule has 0 aromatic heterocycles. The summed E-state index contributed by atoms with van der Waals surface area (Å²) in [5.74, 6) is 0. The molecule has 2 rings (SSSR count). The quantitative estimate of drug-likeness (QED) is 0.574. The second-order valence-electron chi connectivity index (χ2n) is 7.71. The molecular weight excluding hydrogens is 401 g/mol. The molecule has 0 radical (unpaired) electrons. The van der Waals surface area contributed by atoms with E-state index < -0.39 is 5.60 Å². The third-order valence-corrected chi connectivity index (χ3v) is 6.83. The van der Waals surface area contributed by atoms with Crippen LogP contribution in [0, 0.1) is 0 Å². The van der Waals surface area contributed by atoms with Gasteiger partial charge in [-0.2, -0.15) is 0 Å². The van der Waals surface area contributed by atoms with Gasteiger partial charge in [-0.3, -0.25) is 0 Å². The van der Waals surface area contributed by atoms with Crippen LogP contribution in [-0.4, -0.2) is 37.6 Å². The van der Waals surface area contributed by atoms with Crippen molar-refractivity contribution in [1.82, 2.24) is 4.90 Å². The zero-order valence-electron chi connectivity index (χ0n) is 17.0. The number of carbonyl (C=O) groups is 1. The van der Waals surface area contributed by atoms with Crippen molar-refractivity contribution in [2.45, 2.75) is 64.0 Å². The Morgan fingerprint density at radius 3 is 2.11 bits per heavy atom. The van der Waals surface area contributed by atoms with Crippen LogP contribution < -0.4 is 4.46 Å². The number of nitrogens with zero attached hydrogens (tertiary/aromatic N) is 1. The van der Waals surface area contributed by atoms with Gasteiger partial charge < -0.3 is 0 Å². The van der Waals surface area contributed by atoms with Crippen molar-refractivity contribution in [1.29, 1.82) is 0 Å². The number of hydrogen-bond donors (Lipinski definition) is 0. The van der Waals surface area contributed by atoms with Crippen LogP contribution in [0.4, 0.5) is 4.79 Å². The summed E-state index contributed by atoms with van der Waals surface area (Å²) < 4.78 is 7.11. The molecule has 2 aromatic carbocycles. The standard InChI is InChI=1S/C23H31NO2Se/c1-6-21(18(2)27-20-15-11-8-12-16-20)24(22(25)26-23(3,4)5)17-19-13-9-7-10-14-19/h7-16,18,21H,6,17H2,1-5H3/t18-,21-/m0/s1. The Labute approximate surface area is 170 Å². The molecule has 0 aliphatic rings. The van der Waals surface area contributed by atoms with Crippen molar-refractivity contribution in [3.63, 3.8) is 0 Å². The number of hydrogen-bond acceptors (Lipinski definition) is 2. The summed E-state index contributed by atoms with van der Waals surface area (Å²) in [6.45, 7) is 10.7. The molecule has 4 heteroatoms. The number of benzene rings is 2. The van der Waals surface area contributed by atoms with E-state index >= 15 is 0 Å². The van der Waals surface area contributed by atoms with Crippen molar-refractivity contribution in [2.75, 3.05) is 0 Å². The van der Waals surface area contributed by atoms with E-state index in [-0.39, 0.29) is 12.1 Å². The fraction of sp³-hybridized carbons (Fsp3) is 0.435. The van der Waals surface area contributed by atoms with E-state index in [1.165, 1.54) is 4.46 Å². The summed E-state index contributed by atoms with van der Waals surface area (Å²) in [5.41, 5.74) is 0.624. The van der Waals surface area contributed by atoms with Gasteiger partial charge in [-0.1, -0.05) is 0 Å². The van der Waals surface area contributed by atoms with E-state index in [0.29, 0.717) is 26.3 Å². The molecule has 0 unspecified atom stereocenters. The monoisotopic (exact) mass is 433 g/mol. The molecule has 0 aliphatic heterocycles. The molecule has 0 bridgehead atoms. The van der Waals surface area contributed by atoms with Crippen LogP contribution in [0.3, 0.4) is 0 Å². The SMILES string of the molecule is CC[C@@H]([C@H](C)[Se]c1ccccc1)N(Cc1ccccc1)C(=O)OC(C)(C)C. The van der Waals surface area contributed by atoms with Crippen LogP contribution in [0.1, 0.15) is 46.6 Å². The third-order valence-electron chi connectivity index (χ3n) is 4.25. The average molecular weight is 432 g/mol. The maximum absolute atomic E-state index is 13.0. The first-order valence-corrected chi connectivity index (χ1v) is 11.4. The Morgan fingerprint density at radius 2 is 1.59 bits per heavy atom. The summed E-state index contributed by atoms with van der Waals surface area (Å²) in [6, 6.07) is 20.9. The summed E-state index contributed by atoms with van der Waals surface area (Å²) in [5, 5.41) is 0. The molecule has 0 N–H and O–H groups in total. The van der Waals surface area contributed by atoms with Crippen molar-refractivity contribution < 1.29 is 9.53 Å². The van der Waals surface area contributed by atoms with Crippen molar-refractivity contribution in [3.8, 4) is 0 Å². The zero-order valence-corrected chi connectivity index (χ0v) is 18.7. The van der Waals surface area contributed by atoms with Crippen LogP contribution in [0.25, 0.3) is 0 Å². The minimum absolute atomic E-state index is 0.139. The molecule has 0 heterocycles. The molecule has 3 nitrogen and oxygen atoms in total. The van der Waals surface area contributed by atoms with Gasteiger partial charge in [0.1, 0.15) is 0 Å². The van der Waals surface area contributed by atoms with Gasteiger partial charge in [0, 0.05) is 0 Å². The second-order valence-corrected chi connectivity index (χ2v) is 10.7. The van der Waals surface area contributed by atoms with Crippen LogP contribution in [0.15, 0.2) is 60.7 Å². The van der Waals surface area contributed by atoms with Crippen LogP contribution in [0.5, 0.6) is 0 Å². The van der Waals surface area contributed by atoms with Gasteiger partial charge >= 0.3 is 170 Å². The number of amides is 1. The van der Waals surface area contributed by atoms with E-state index in [1.807, 2.05) is 49.9 Å². The van der Waals surface area contributed by atoms with Gasteiger partial charge in [0.25, 0.3) is 0 Å². The second kappa shape index (κ2) is 9.96. The fourth-order valence-electron chi connectivity index (χ4n) is 3.02. The number of carbonyl (C=O) groups excluding carboxylic acids is 1. The van der Waals surface area contributed by atoms with Gasteiger partial charge in [0.15, 0.2) is 0 Å². The Morgan fingerprint density at radius 1 is 1.04 bits per heavy atom. The van der Waals surface area contributed by atoms with E-state index in [2.05, 4.69) is 50.2 Å². The van der Waals surface area contributed by atoms with Crippen LogP contribution in [-0.2, 0) is 11.3 Å². The van der Waals surface area contributed by atoms with E-state index in [4.69, 9.17) is 4.74 Å². The molecule has 0 spiro atoms. The van der Waals surface area contributed by atoms with Gasteiger partial charge in [0.2, 0.25) is 0 Å². The molecule has 2 aromatic rings. The number of rotatable bonds is 7.